The van der Waals surface area contributed by atoms with Gasteiger partial charge in [0, 0.05) is 32.4 Å². The zero-order valence-corrected chi connectivity index (χ0v) is 10.9. The quantitative estimate of drug-likeness (QED) is 0.787. The molecule has 1 fully saturated rings. The Labute approximate surface area is 111 Å². The van der Waals surface area contributed by atoms with Crippen LogP contribution in [-0.2, 0) is 4.74 Å². The summed E-state index contributed by atoms with van der Waals surface area (Å²) in [5.41, 5.74) is -0.0599. The molecule has 0 bridgehead atoms. The smallest absolute Gasteiger partial charge is 0.150 e. The summed E-state index contributed by atoms with van der Waals surface area (Å²) in [5, 5.41) is 0. The van der Waals surface area contributed by atoms with E-state index in [4.69, 9.17) is 4.74 Å². The monoisotopic (exact) mass is 269 g/mol. The summed E-state index contributed by atoms with van der Waals surface area (Å²) in [6, 6.07) is 2.12. The molecule has 0 aromatic heterocycles. The van der Waals surface area contributed by atoms with Gasteiger partial charge < -0.3 is 9.64 Å². The van der Waals surface area contributed by atoms with Crippen molar-refractivity contribution in [2.45, 2.75) is 12.8 Å². The lowest BCUT2D eigenvalue weighted by Gasteiger charge is -2.28. The molecule has 0 unspecified atom stereocenters. The molecule has 1 aromatic carbocycles. The molecule has 0 spiro atoms. The number of carbonyl (C=O) groups excluding carboxylic acids is 1. The second-order valence-electron chi connectivity index (χ2n) is 4.89. The Balaban J connectivity index is 2.13. The highest BCUT2D eigenvalue weighted by molar-refractivity contribution is 5.76. The fourth-order valence-corrected chi connectivity index (χ4v) is 2.43. The van der Waals surface area contributed by atoms with Crippen LogP contribution in [0.4, 0.5) is 14.5 Å². The van der Waals surface area contributed by atoms with Crippen molar-refractivity contribution in [1.82, 2.24) is 0 Å². The molecule has 104 valence electrons. The highest BCUT2D eigenvalue weighted by Crippen LogP contribution is 2.26. The molecular formula is C14H17F2NO2. The van der Waals surface area contributed by atoms with Gasteiger partial charge >= 0.3 is 0 Å². The number of halogens is 2. The van der Waals surface area contributed by atoms with Crippen LogP contribution in [0.1, 0.15) is 23.2 Å². The van der Waals surface area contributed by atoms with Crippen LogP contribution >= 0.6 is 0 Å². The van der Waals surface area contributed by atoms with Crippen LogP contribution in [0.3, 0.4) is 0 Å². The van der Waals surface area contributed by atoms with Crippen molar-refractivity contribution < 1.29 is 18.3 Å². The first-order valence-electron chi connectivity index (χ1n) is 6.35. The lowest BCUT2D eigenvalue weighted by molar-refractivity contribution is 0.0684. The Hall–Kier alpha value is -1.49. The van der Waals surface area contributed by atoms with Crippen LogP contribution in [0.15, 0.2) is 12.1 Å². The van der Waals surface area contributed by atoms with E-state index in [9.17, 15) is 13.6 Å². The van der Waals surface area contributed by atoms with Gasteiger partial charge in [-0.2, -0.15) is 0 Å². The van der Waals surface area contributed by atoms with Gasteiger partial charge in [0.1, 0.15) is 23.6 Å². The summed E-state index contributed by atoms with van der Waals surface area (Å²) in [7, 11) is 1.66. The number of benzene rings is 1. The van der Waals surface area contributed by atoms with Gasteiger partial charge in [-0.3, -0.25) is 4.79 Å². The van der Waals surface area contributed by atoms with E-state index in [1.165, 1.54) is 0 Å². The number of ether oxygens (including phenoxy) is 1. The molecule has 1 heterocycles. The lowest BCUT2D eigenvalue weighted by atomic mass is 9.99. The molecule has 1 saturated heterocycles. The molecule has 1 aromatic rings. The number of rotatable bonds is 4. The standard InChI is InChI=1S/C14H17F2NO2/c1-17(8-10-2-4-19-5-3-10)14-12(15)6-11(9-18)7-13(14)16/h6-7,9-10H,2-5,8H2,1H3. The van der Waals surface area contributed by atoms with E-state index in [2.05, 4.69) is 0 Å². The topological polar surface area (TPSA) is 29.5 Å². The number of carbonyl (C=O) groups is 1. The van der Waals surface area contributed by atoms with Gasteiger partial charge in [-0.25, -0.2) is 8.78 Å². The maximum Gasteiger partial charge on any atom is 0.150 e. The van der Waals surface area contributed by atoms with Crippen LogP contribution < -0.4 is 4.90 Å². The normalized spacial score (nSPS) is 16.4. The average molecular weight is 269 g/mol. The minimum Gasteiger partial charge on any atom is -0.381 e. The van der Waals surface area contributed by atoms with E-state index in [0.29, 0.717) is 32.0 Å². The molecule has 1 aliphatic rings. The molecule has 0 saturated carbocycles. The van der Waals surface area contributed by atoms with Crippen LogP contribution in [0, 0.1) is 17.6 Å². The van der Waals surface area contributed by atoms with Crippen LogP contribution in [0.5, 0.6) is 0 Å². The molecule has 2 rings (SSSR count). The average Bonchev–Trinajstić information content (AvgIpc) is 2.38. The molecule has 0 amide bonds. The van der Waals surface area contributed by atoms with Crippen LogP contribution in [-0.4, -0.2) is 33.1 Å². The van der Waals surface area contributed by atoms with Crippen molar-refractivity contribution in [3.8, 4) is 0 Å². The third kappa shape index (κ3) is 3.29. The second-order valence-corrected chi connectivity index (χ2v) is 4.89. The minimum absolute atomic E-state index is 0.0122. The Kier molecular flexibility index (Phi) is 4.47. The Bertz CT molecular complexity index is 436. The van der Waals surface area contributed by atoms with Gasteiger partial charge in [0.25, 0.3) is 0 Å². The van der Waals surface area contributed by atoms with Crippen molar-refractivity contribution >= 4 is 12.0 Å². The van der Waals surface area contributed by atoms with Gasteiger partial charge in [-0.1, -0.05) is 0 Å². The van der Waals surface area contributed by atoms with Crippen molar-refractivity contribution in [1.29, 1.82) is 0 Å². The van der Waals surface area contributed by atoms with Gasteiger partial charge in [0.2, 0.25) is 0 Å². The fourth-order valence-electron chi connectivity index (χ4n) is 2.43. The van der Waals surface area contributed by atoms with E-state index in [-0.39, 0.29) is 11.3 Å². The maximum absolute atomic E-state index is 13.8. The molecule has 0 atom stereocenters. The van der Waals surface area contributed by atoms with E-state index in [1.54, 1.807) is 11.9 Å². The van der Waals surface area contributed by atoms with E-state index < -0.39 is 11.6 Å². The molecule has 19 heavy (non-hydrogen) atoms. The maximum atomic E-state index is 13.8. The SMILES string of the molecule is CN(CC1CCOCC1)c1c(F)cc(C=O)cc1F. The highest BCUT2D eigenvalue weighted by atomic mass is 19.1. The largest absolute Gasteiger partial charge is 0.381 e. The third-order valence-corrected chi connectivity index (χ3v) is 3.43. The molecule has 0 radical (unpaired) electrons. The predicted octanol–water partition coefficient (Wildman–Crippen LogP) is 2.64. The molecule has 0 N–H and O–H groups in total. The number of hydrogen-bond donors (Lipinski definition) is 0. The molecule has 1 aliphatic heterocycles. The van der Waals surface area contributed by atoms with Crippen molar-refractivity contribution in [2.24, 2.45) is 5.92 Å². The molecule has 0 aliphatic carbocycles. The minimum atomic E-state index is -0.698. The molecular weight excluding hydrogens is 252 g/mol. The van der Waals surface area contributed by atoms with Gasteiger partial charge in [0.15, 0.2) is 0 Å². The lowest BCUT2D eigenvalue weighted by Crippen LogP contribution is -2.30. The summed E-state index contributed by atoms with van der Waals surface area (Å²) in [4.78, 5) is 12.1. The summed E-state index contributed by atoms with van der Waals surface area (Å²) < 4.78 is 32.9. The van der Waals surface area contributed by atoms with Crippen LogP contribution in [0.25, 0.3) is 0 Å². The van der Waals surface area contributed by atoms with Gasteiger partial charge in [-0.15, -0.1) is 0 Å². The number of hydrogen-bond acceptors (Lipinski definition) is 3. The third-order valence-electron chi connectivity index (χ3n) is 3.43. The van der Waals surface area contributed by atoms with Crippen molar-refractivity contribution in [2.75, 3.05) is 31.7 Å². The molecule has 3 nitrogen and oxygen atoms in total. The first-order valence-corrected chi connectivity index (χ1v) is 6.35. The summed E-state index contributed by atoms with van der Waals surface area (Å²) in [5.74, 6) is -1.02. The second kappa shape index (κ2) is 6.10. The fraction of sp³-hybridized carbons (Fsp3) is 0.500. The van der Waals surface area contributed by atoms with Gasteiger partial charge in [0.05, 0.1) is 0 Å². The number of nitrogens with zero attached hydrogens (tertiary/aromatic N) is 1. The highest BCUT2D eigenvalue weighted by Gasteiger charge is 2.20. The van der Waals surface area contributed by atoms with Gasteiger partial charge in [-0.05, 0) is 30.9 Å². The molecule has 5 heteroatoms. The van der Waals surface area contributed by atoms with Crippen molar-refractivity contribution in [3.05, 3.63) is 29.3 Å². The van der Waals surface area contributed by atoms with Crippen molar-refractivity contribution in [3.63, 3.8) is 0 Å². The first kappa shape index (κ1) is 13.9. The number of aldehydes is 1. The zero-order chi connectivity index (χ0) is 13.8. The van der Waals surface area contributed by atoms with E-state index >= 15 is 0 Å². The summed E-state index contributed by atoms with van der Waals surface area (Å²) in [6.45, 7) is 1.98. The first-order chi connectivity index (χ1) is 9.11. The zero-order valence-electron chi connectivity index (χ0n) is 10.9. The Morgan fingerprint density at radius 3 is 2.42 bits per heavy atom. The Morgan fingerprint density at radius 1 is 1.32 bits per heavy atom. The summed E-state index contributed by atoms with van der Waals surface area (Å²) >= 11 is 0. The van der Waals surface area contributed by atoms with E-state index in [0.717, 1.165) is 25.0 Å². The Morgan fingerprint density at radius 2 is 1.89 bits per heavy atom. The number of anilines is 1. The predicted molar refractivity (Wildman–Crippen MR) is 68.6 cm³/mol. The summed E-state index contributed by atoms with van der Waals surface area (Å²) in [6.07, 6.45) is 2.24. The van der Waals surface area contributed by atoms with Crippen LogP contribution in [0.2, 0.25) is 0 Å². The van der Waals surface area contributed by atoms with E-state index in [1.807, 2.05) is 0 Å².